The van der Waals surface area contributed by atoms with Gasteiger partial charge in [-0.05, 0) is 12.8 Å². The molecule has 0 aromatic rings. The summed E-state index contributed by atoms with van der Waals surface area (Å²) in [4.78, 5) is 0. The molecule has 3 heteroatoms. The number of hydrogen-bond acceptors (Lipinski definition) is 1. The van der Waals surface area contributed by atoms with Crippen molar-refractivity contribution < 1.29 is 9.59 Å². The van der Waals surface area contributed by atoms with Gasteiger partial charge in [0, 0.05) is 0 Å². The van der Waals surface area contributed by atoms with Gasteiger partial charge in [0.25, 0.3) is 0 Å². The normalized spacial score (nSPS) is 13.4. The Bertz CT molecular complexity index is 258. The maximum absolute atomic E-state index is 9.66. The van der Waals surface area contributed by atoms with Gasteiger partial charge in [-0.15, -0.1) is 11.6 Å². The molecule has 146 valence electrons. The Balaban J connectivity index is 3.25. The first-order chi connectivity index (χ1) is 11.5. The van der Waals surface area contributed by atoms with Crippen molar-refractivity contribution in [2.45, 2.75) is 103 Å². The lowest BCUT2D eigenvalue weighted by Crippen LogP contribution is -2.46. The molecule has 0 aliphatic heterocycles. The number of unbranched alkanes of at least 4 members (excludes halogenated alkanes) is 13. The summed E-state index contributed by atoms with van der Waals surface area (Å²) in [5.74, 6) is 0.348. The van der Waals surface area contributed by atoms with Crippen molar-refractivity contribution in [3.63, 3.8) is 0 Å². The van der Waals surface area contributed by atoms with Crippen LogP contribution in [0.5, 0.6) is 0 Å². The fourth-order valence-electron chi connectivity index (χ4n) is 3.44. The van der Waals surface area contributed by atoms with Gasteiger partial charge in [-0.1, -0.05) is 84.0 Å². The van der Waals surface area contributed by atoms with Crippen molar-refractivity contribution in [1.29, 1.82) is 0 Å². The Morgan fingerprint density at radius 1 is 0.708 bits per heavy atom. The molecule has 1 unspecified atom stereocenters. The standard InChI is InChI=1S/C21H45ClNO/c1-4-5-6-7-8-9-10-11-12-13-14-15-16-17-18-23(2,3)20-21(24)19-22/h21,24H,4-20H2,1-3H3/q+1. The summed E-state index contributed by atoms with van der Waals surface area (Å²) in [5, 5.41) is 9.66. The van der Waals surface area contributed by atoms with Crippen molar-refractivity contribution >= 4 is 11.6 Å². The van der Waals surface area contributed by atoms with E-state index in [4.69, 9.17) is 11.6 Å². The zero-order valence-electron chi connectivity index (χ0n) is 16.9. The monoisotopic (exact) mass is 362 g/mol. The van der Waals surface area contributed by atoms with Crippen LogP contribution in [0.4, 0.5) is 0 Å². The van der Waals surface area contributed by atoms with Gasteiger partial charge in [0.05, 0.1) is 26.5 Å². The second kappa shape index (κ2) is 16.7. The molecule has 0 heterocycles. The van der Waals surface area contributed by atoms with Gasteiger partial charge in [0.15, 0.2) is 0 Å². The predicted octanol–water partition coefficient (Wildman–Crippen LogP) is 6.14. The SMILES string of the molecule is CCCCCCCCCCCCCCCC[N+](C)(C)CC(O)CCl. The van der Waals surface area contributed by atoms with Gasteiger partial charge in [-0.3, -0.25) is 0 Å². The summed E-state index contributed by atoms with van der Waals surface area (Å²) in [6.07, 6.45) is 19.3. The quantitative estimate of drug-likeness (QED) is 0.176. The lowest BCUT2D eigenvalue weighted by atomic mass is 10.0. The van der Waals surface area contributed by atoms with Crippen molar-refractivity contribution in [1.82, 2.24) is 0 Å². The first-order valence-corrected chi connectivity index (χ1v) is 11.1. The van der Waals surface area contributed by atoms with Crippen LogP contribution in [0.3, 0.4) is 0 Å². The molecule has 0 aromatic carbocycles. The van der Waals surface area contributed by atoms with Gasteiger partial charge < -0.3 is 9.59 Å². The maximum atomic E-state index is 9.66. The first kappa shape index (κ1) is 24.2. The molecule has 0 aromatic heterocycles. The van der Waals surface area contributed by atoms with E-state index in [0.29, 0.717) is 5.88 Å². The lowest BCUT2D eigenvalue weighted by molar-refractivity contribution is -0.893. The van der Waals surface area contributed by atoms with Crippen molar-refractivity contribution in [3.8, 4) is 0 Å². The maximum Gasteiger partial charge on any atom is 0.116 e. The summed E-state index contributed by atoms with van der Waals surface area (Å²) in [6.45, 7) is 4.19. The molecule has 0 radical (unpaired) electrons. The number of hydrogen-bond donors (Lipinski definition) is 1. The number of aliphatic hydroxyl groups is 1. The number of nitrogens with zero attached hydrogens (tertiary/aromatic N) is 1. The van der Waals surface area contributed by atoms with Crippen molar-refractivity contribution in [2.75, 3.05) is 33.1 Å². The smallest absolute Gasteiger partial charge is 0.116 e. The van der Waals surface area contributed by atoms with Crippen LogP contribution in [-0.2, 0) is 0 Å². The number of alkyl halides is 1. The van der Waals surface area contributed by atoms with Crippen LogP contribution in [0, 0.1) is 0 Å². The Morgan fingerprint density at radius 3 is 1.46 bits per heavy atom. The molecule has 0 fully saturated rings. The fraction of sp³-hybridized carbons (Fsp3) is 1.00. The molecule has 0 saturated carbocycles. The molecule has 24 heavy (non-hydrogen) atoms. The molecule has 0 aliphatic rings. The summed E-state index contributed by atoms with van der Waals surface area (Å²) >= 11 is 5.69. The number of aliphatic hydroxyl groups excluding tert-OH is 1. The third kappa shape index (κ3) is 17.0. The van der Waals surface area contributed by atoms with E-state index in [9.17, 15) is 5.11 Å². The van der Waals surface area contributed by atoms with Gasteiger partial charge in [0.1, 0.15) is 12.6 Å². The van der Waals surface area contributed by atoms with Gasteiger partial charge in [-0.25, -0.2) is 0 Å². The highest BCUT2D eigenvalue weighted by molar-refractivity contribution is 6.18. The Morgan fingerprint density at radius 2 is 1.08 bits per heavy atom. The molecule has 0 rings (SSSR count). The minimum Gasteiger partial charge on any atom is -0.386 e. The third-order valence-corrected chi connectivity index (χ3v) is 5.36. The molecule has 0 amide bonds. The zero-order valence-corrected chi connectivity index (χ0v) is 17.6. The summed E-state index contributed by atoms with van der Waals surface area (Å²) < 4.78 is 0.881. The van der Waals surface area contributed by atoms with E-state index in [2.05, 4.69) is 21.0 Å². The van der Waals surface area contributed by atoms with Crippen LogP contribution in [0.25, 0.3) is 0 Å². The minimum absolute atomic E-state index is 0.348. The largest absolute Gasteiger partial charge is 0.386 e. The van der Waals surface area contributed by atoms with Crippen LogP contribution < -0.4 is 0 Å². The van der Waals surface area contributed by atoms with Gasteiger partial charge in [0.2, 0.25) is 0 Å². The summed E-state index contributed by atoms with van der Waals surface area (Å²) in [5.41, 5.74) is 0. The topological polar surface area (TPSA) is 20.2 Å². The van der Waals surface area contributed by atoms with Crippen molar-refractivity contribution in [3.05, 3.63) is 0 Å². The van der Waals surface area contributed by atoms with Crippen LogP contribution in [0.2, 0.25) is 0 Å². The van der Waals surface area contributed by atoms with E-state index >= 15 is 0 Å². The molecule has 2 nitrogen and oxygen atoms in total. The molecule has 0 bridgehead atoms. The highest BCUT2D eigenvalue weighted by Gasteiger charge is 2.19. The number of quaternary nitrogens is 1. The summed E-state index contributed by atoms with van der Waals surface area (Å²) in [6, 6.07) is 0. The fourth-order valence-corrected chi connectivity index (χ4v) is 3.54. The number of rotatable bonds is 18. The average Bonchev–Trinajstić information content (AvgIpc) is 2.54. The Labute approximate surface area is 157 Å². The molecule has 1 N–H and O–H groups in total. The van der Waals surface area contributed by atoms with E-state index in [-0.39, 0.29) is 6.10 Å². The molecule has 0 aliphatic carbocycles. The van der Waals surface area contributed by atoms with E-state index < -0.39 is 0 Å². The summed E-state index contributed by atoms with van der Waals surface area (Å²) in [7, 11) is 4.38. The van der Waals surface area contributed by atoms with Crippen LogP contribution in [0.15, 0.2) is 0 Å². The zero-order chi connectivity index (χ0) is 18.1. The molecule has 1 atom stereocenters. The highest BCUT2D eigenvalue weighted by Crippen LogP contribution is 2.13. The second-order valence-electron chi connectivity index (χ2n) is 8.25. The van der Waals surface area contributed by atoms with Crippen LogP contribution in [0.1, 0.15) is 96.8 Å². The van der Waals surface area contributed by atoms with Gasteiger partial charge in [-0.2, -0.15) is 0 Å². The van der Waals surface area contributed by atoms with Crippen molar-refractivity contribution in [2.24, 2.45) is 0 Å². The van der Waals surface area contributed by atoms with Crippen LogP contribution >= 0.6 is 11.6 Å². The lowest BCUT2D eigenvalue weighted by Gasteiger charge is -2.31. The van der Waals surface area contributed by atoms with E-state index in [1.807, 2.05) is 0 Å². The van der Waals surface area contributed by atoms with E-state index in [0.717, 1.165) is 17.6 Å². The Hall–Kier alpha value is 0.210. The average molecular weight is 363 g/mol. The predicted molar refractivity (Wildman–Crippen MR) is 109 cm³/mol. The van der Waals surface area contributed by atoms with E-state index in [1.54, 1.807) is 0 Å². The third-order valence-electron chi connectivity index (χ3n) is 5.00. The number of likely N-dealkylation sites (N-methyl/N-ethyl adjacent to an activating group) is 1. The molecular weight excluding hydrogens is 318 g/mol. The second-order valence-corrected chi connectivity index (χ2v) is 8.55. The first-order valence-electron chi connectivity index (χ1n) is 10.6. The molecule has 0 spiro atoms. The highest BCUT2D eigenvalue weighted by atomic mass is 35.5. The van der Waals surface area contributed by atoms with E-state index in [1.165, 1.54) is 89.9 Å². The number of halogens is 1. The van der Waals surface area contributed by atoms with Crippen LogP contribution in [-0.4, -0.2) is 48.8 Å². The molecular formula is C21H45ClNO+. The Kier molecular flexibility index (Phi) is 16.8. The molecule has 0 saturated heterocycles. The van der Waals surface area contributed by atoms with Gasteiger partial charge >= 0.3 is 0 Å². The minimum atomic E-state index is -0.367.